The van der Waals surface area contributed by atoms with Gasteiger partial charge in [0.2, 0.25) is 11.8 Å². The third-order valence-electron chi connectivity index (χ3n) is 3.24. The van der Waals surface area contributed by atoms with Gasteiger partial charge in [0.1, 0.15) is 6.04 Å². The fraction of sp³-hybridized carbons (Fsp3) is 0.500. The van der Waals surface area contributed by atoms with Gasteiger partial charge in [-0.05, 0) is 30.0 Å². The Morgan fingerprint density at radius 3 is 2.32 bits per heavy atom. The van der Waals surface area contributed by atoms with Gasteiger partial charge in [0.15, 0.2) is 0 Å². The van der Waals surface area contributed by atoms with E-state index in [2.05, 4.69) is 10.6 Å². The summed E-state index contributed by atoms with van der Waals surface area (Å²) in [6.45, 7) is 3.95. The van der Waals surface area contributed by atoms with Crippen molar-refractivity contribution in [1.29, 1.82) is 0 Å². The number of halogens is 1. The Morgan fingerprint density at radius 1 is 1.23 bits per heavy atom. The Hall–Kier alpha value is -1.59. The number of hydrogen-bond acceptors (Lipinski definition) is 3. The van der Waals surface area contributed by atoms with Crippen LogP contribution in [0.5, 0.6) is 0 Å². The van der Waals surface area contributed by atoms with Crippen LogP contribution in [0, 0.1) is 5.92 Å². The van der Waals surface area contributed by atoms with Gasteiger partial charge in [0.05, 0.1) is 12.5 Å². The highest BCUT2D eigenvalue weighted by Gasteiger charge is 2.22. The molecular weight excluding hydrogens is 304 g/mol. The molecule has 2 atom stereocenters. The molecule has 2 unspecified atom stereocenters. The van der Waals surface area contributed by atoms with Gasteiger partial charge in [0, 0.05) is 12.1 Å². The van der Waals surface area contributed by atoms with Crippen LogP contribution in [0.15, 0.2) is 24.3 Å². The summed E-state index contributed by atoms with van der Waals surface area (Å²) in [5, 5.41) is 15.8. The highest BCUT2D eigenvalue weighted by atomic mass is 35.5. The maximum atomic E-state index is 12.0. The van der Waals surface area contributed by atoms with E-state index in [1.807, 2.05) is 13.8 Å². The molecule has 0 heterocycles. The number of rotatable bonds is 7. The molecule has 0 saturated heterocycles. The van der Waals surface area contributed by atoms with Gasteiger partial charge in [-0.25, -0.2) is 0 Å². The van der Waals surface area contributed by atoms with Crippen LogP contribution in [0.3, 0.4) is 0 Å². The molecule has 5 nitrogen and oxygen atoms in total. The van der Waals surface area contributed by atoms with Crippen molar-refractivity contribution in [3.05, 3.63) is 34.9 Å². The molecule has 2 amide bonds. The first-order valence-electron chi connectivity index (χ1n) is 7.28. The van der Waals surface area contributed by atoms with Crippen LogP contribution in [0.2, 0.25) is 5.02 Å². The zero-order valence-corrected chi connectivity index (χ0v) is 13.9. The van der Waals surface area contributed by atoms with Gasteiger partial charge in [-0.15, -0.1) is 0 Å². The second-order valence-corrected chi connectivity index (χ2v) is 6.07. The van der Waals surface area contributed by atoms with Gasteiger partial charge in [0.25, 0.3) is 0 Å². The zero-order valence-electron chi connectivity index (χ0n) is 13.1. The predicted octanol–water partition coefficient (Wildman–Crippen LogP) is 2.04. The van der Waals surface area contributed by atoms with Crippen molar-refractivity contribution >= 4 is 23.4 Å². The topological polar surface area (TPSA) is 78.4 Å². The lowest BCUT2D eigenvalue weighted by molar-refractivity contribution is -0.130. The summed E-state index contributed by atoms with van der Waals surface area (Å²) in [6.07, 6.45) is -0.489. The summed E-state index contributed by atoms with van der Waals surface area (Å²) in [5.41, 5.74) is 0.611. The molecule has 0 aliphatic heterocycles. The second-order valence-electron chi connectivity index (χ2n) is 5.64. The Labute approximate surface area is 136 Å². The molecule has 1 aromatic carbocycles. The maximum Gasteiger partial charge on any atom is 0.242 e. The van der Waals surface area contributed by atoms with E-state index in [1.165, 1.54) is 7.05 Å². The number of carbonyl (C=O) groups is 2. The molecular formula is C16H23ClN2O3. The fourth-order valence-electron chi connectivity index (χ4n) is 2.11. The lowest BCUT2D eigenvalue weighted by Gasteiger charge is -2.20. The monoisotopic (exact) mass is 326 g/mol. The fourth-order valence-corrected chi connectivity index (χ4v) is 2.23. The van der Waals surface area contributed by atoms with Crippen LogP contribution in [0.4, 0.5) is 0 Å². The minimum Gasteiger partial charge on any atom is -0.388 e. The smallest absolute Gasteiger partial charge is 0.242 e. The molecule has 1 rings (SSSR count). The molecule has 0 aliphatic rings. The molecule has 0 bridgehead atoms. The van der Waals surface area contributed by atoms with Crippen molar-refractivity contribution in [2.75, 3.05) is 7.05 Å². The van der Waals surface area contributed by atoms with Crippen LogP contribution in [0.1, 0.15) is 38.4 Å². The summed E-state index contributed by atoms with van der Waals surface area (Å²) in [6, 6.07) is 6.07. The van der Waals surface area contributed by atoms with Crippen molar-refractivity contribution in [1.82, 2.24) is 10.6 Å². The summed E-state index contributed by atoms with van der Waals surface area (Å²) >= 11 is 5.78. The van der Waals surface area contributed by atoms with Crippen molar-refractivity contribution in [3.8, 4) is 0 Å². The molecule has 0 fully saturated rings. The van der Waals surface area contributed by atoms with Crippen LogP contribution in [-0.4, -0.2) is 30.0 Å². The number of carbonyl (C=O) groups excluding carboxylic acids is 2. The third kappa shape index (κ3) is 6.03. The van der Waals surface area contributed by atoms with E-state index in [4.69, 9.17) is 11.6 Å². The first-order chi connectivity index (χ1) is 10.3. The maximum absolute atomic E-state index is 12.0. The molecule has 3 N–H and O–H groups in total. The molecule has 6 heteroatoms. The first-order valence-corrected chi connectivity index (χ1v) is 7.65. The number of aliphatic hydroxyl groups excluding tert-OH is 1. The van der Waals surface area contributed by atoms with E-state index in [1.54, 1.807) is 24.3 Å². The molecule has 0 spiro atoms. The number of nitrogens with one attached hydrogen (secondary N) is 2. The highest BCUT2D eigenvalue weighted by molar-refractivity contribution is 6.30. The minimum atomic E-state index is -0.929. The van der Waals surface area contributed by atoms with E-state index in [0.29, 0.717) is 17.0 Å². The van der Waals surface area contributed by atoms with E-state index in [9.17, 15) is 14.7 Å². The Kier molecular flexibility index (Phi) is 7.35. The zero-order chi connectivity index (χ0) is 16.7. The number of benzene rings is 1. The standard InChI is InChI=1S/C16H23ClN2O3/c1-10(2)8-13(16(22)18-3)19-15(21)9-14(20)11-4-6-12(17)7-5-11/h4-7,10,13-14,20H,8-9H2,1-3H3,(H,18,22)(H,19,21). The van der Waals surface area contributed by atoms with Crippen LogP contribution in [-0.2, 0) is 9.59 Å². The Balaban J connectivity index is 2.62. The van der Waals surface area contributed by atoms with Gasteiger partial charge >= 0.3 is 0 Å². The van der Waals surface area contributed by atoms with E-state index in [0.717, 1.165) is 0 Å². The number of amides is 2. The first kappa shape index (κ1) is 18.5. The van der Waals surface area contributed by atoms with Crippen molar-refractivity contribution < 1.29 is 14.7 Å². The number of likely N-dealkylation sites (N-methyl/N-ethyl adjacent to an activating group) is 1. The SMILES string of the molecule is CNC(=O)C(CC(C)C)NC(=O)CC(O)c1ccc(Cl)cc1. The average molecular weight is 327 g/mol. The second kappa shape index (κ2) is 8.76. The van der Waals surface area contributed by atoms with Crippen LogP contribution in [0.25, 0.3) is 0 Å². The summed E-state index contributed by atoms with van der Waals surface area (Å²) in [5.74, 6) is -0.330. The van der Waals surface area contributed by atoms with Crippen LogP contribution >= 0.6 is 11.6 Å². The molecule has 22 heavy (non-hydrogen) atoms. The minimum absolute atomic E-state index is 0.104. The molecule has 0 radical (unpaired) electrons. The van der Waals surface area contributed by atoms with Crippen molar-refractivity contribution in [3.63, 3.8) is 0 Å². The highest BCUT2D eigenvalue weighted by Crippen LogP contribution is 2.19. The van der Waals surface area contributed by atoms with Crippen molar-refractivity contribution in [2.24, 2.45) is 5.92 Å². The van der Waals surface area contributed by atoms with Gasteiger partial charge in [-0.1, -0.05) is 37.6 Å². The Morgan fingerprint density at radius 2 is 1.82 bits per heavy atom. The summed E-state index contributed by atoms with van der Waals surface area (Å²) in [7, 11) is 1.53. The summed E-state index contributed by atoms with van der Waals surface area (Å²) < 4.78 is 0. The molecule has 122 valence electrons. The van der Waals surface area contributed by atoms with E-state index < -0.39 is 12.1 Å². The molecule has 0 aromatic heterocycles. The summed E-state index contributed by atoms with van der Waals surface area (Å²) in [4.78, 5) is 23.8. The number of hydrogen-bond donors (Lipinski definition) is 3. The molecule has 0 saturated carbocycles. The lowest BCUT2D eigenvalue weighted by Crippen LogP contribution is -2.46. The van der Waals surface area contributed by atoms with Crippen LogP contribution < -0.4 is 10.6 Å². The number of aliphatic hydroxyl groups is 1. The normalized spacial score (nSPS) is 13.5. The predicted molar refractivity (Wildman–Crippen MR) is 86.5 cm³/mol. The van der Waals surface area contributed by atoms with E-state index >= 15 is 0 Å². The van der Waals surface area contributed by atoms with E-state index in [-0.39, 0.29) is 24.2 Å². The van der Waals surface area contributed by atoms with Gasteiger partial charge in [-0.3, -0.25) is 9.59 Å². The van der Waals surface area contributed by atoms with Gasteiger partial charge in [-0.2, -0.15) is 0 Å². The molecule has 0 aliphatic carbocycles. The Bertz CT molecular complexity index is 503. The largest absolute Gasteiger partial charge is 0.388 e. The van der Waals surface area contributed by atoms with Gasteiger partial charge < -0.3 is 15.7 Å². The van der Waals surface area contributed by atoms with Crippen molar-refractivity contribution in [2.45, 2.75) is 38.8 Å². The lowest BCUT2D eigenvalue weighted by atomic mass is 10.0. The third-order valence-corrected chi connectivity index (χ3v) is 3.49. The molecule has 1 aromatic rings. The quantitative estimate of drug-likeness (QED) is 0.717. The average Bonchev–Trinajstić information content (AvgIpc) is 2.45.